The summed E-state index contributed by atoms with van der Waals surface area (Å²) in [5.41, 5.74) is 9.99. The molecule has 2 fully saturated rings. The fourth-order valence-electron chi connectivity index (χ4n) is 6.97. The molecule has 1 amide bonds. The maximum atomic E-state index is 12.7. The van der Waals surface area contributed by atoms with E-state index in [-0.39, 0.29) is 41.7 Å². The van der Waals surface area contributed by atoms with Gasteiger partial charge in [0.05, 0.1) is 16.5 Å². The van der Waals surface area contributed by atoms with E-state index >= 15 is 0 Å². The smallest absolute Gasteiger partial charge is 0.303 e. The number of aromatic nitrogens is 2. The fraction of sp³-hybridized carbons (Fsp3) is 0.478. The molecule has 59 heavy (non-hydrogen) atoms. The van der Waals surface area contributed by atoms with Crippen LogP contribution in [-0.2, 0) is 22.4 Å². The van der Waals surface area contributed by atoms with Gasteiger partial charge in [0.2, 0.25) is 5.91 Å². The summed E-state index contributed by atoms with van der Waals surface area (Å²) >= 11 is 11.9. The predicted octanol–water partition coefficient (Wildman–Crippen LogP) is 7.92. The van der Waals surface area contributed by atoms with Crippen LogP contribution in [0.4, 0.5) is 0 Å². The number of aliphatic carboxylic acids is 1. The molecule has 2 aromatic carbocycles. The number of carboxylic acids is 1. The van der Waals surface area contributed by atoms with E-state index < -0.39 is 5.97 Å². The lowest BCUT2D eigenvalue weighted by molar-refractivity contribution is -0.137. The summed E-state index contributed by atoms with van der Waals surface area (Å²) in [7, 11) is 8.01. The van der Waals surface area contributed by atoms with Crippen LogP contribution in [0, 0.1) is 11.8 Å². The SMILES string of the molecule is CN(C)[C@H](CN)Cc1ccc(O)c(Cl)c1.CN(C)[C@H](CNC(=O)C[C@@H](CC1CC1)c1cccnc1)Cc1ccc(O)c(Cl)c1.O=C(O)C[C@@H](CC1CC1)c1cccnc1. The van der Waals surface area contributed by atoms with Crippen molar-refractivity contribution in [3.05, 3.63) is 118 Å². The van der Waals surface area contributed by atoms with Gasteiger partial charge >= 0.3 is 5.97 Å². The molecular weight excluding hydrogens is 787 g/mol. The van der Waals surface area contributed by atoms with E-state index in [1.165, 1.54) is 25.7 Å². The van der Waals surface area contributed by atoms with Gasteiger partial charge in [-0.15, -0.1) is 0 Å². The van der Waals surface area contributed by atoms with Gasteiger partial charge in [0.25, 0.3) is 0 Å². The second-order valence-corrected chi connectivity index (χ2v) is 17.2. The zero-order chi connectivity index (χ0) is 42.9. The summed E-state index contributed by atoms with van der Waals surface area (Å²) in [6.07, 6.45) is 16.6. The standard InChI is InChI=1S/C23H30ClN3O2.C12H15NO2.C11H17ClN2O/c1-27(2)20(11-17-7-8-22(28)21(24)12-17)15-26-23(29)13-19(10-16-5-6-16)18-4-3-9-25-14-18;14-12(15)7-11(6-9-3-4-9)10-2-1-5-13-8-10;1-14(2)9(7-13)5-8-3-4-11(15)10(12)6-8/h3-4,7-9,12,14,16,19-20,28H,5-6,10-11,13,15H2,1-2H3,(H,26,29);1-2,5,8-9,11H,3-4,6-7H2,(H,14,15);3-4,6,9,15H,5,7,13H2,1-2H3/t19-,20+;11-;9-/m110/s1. The van der Waals surface area contributed by atoms with E-state index in [4.69, 9.17) is 34.0 Å². The number of rotatable bonds is 19. The van der Waals surface area contributed by atoms with Crippen molar-refractivity contribution in [2.45, 2.75) is 88.1 Å². The quantitative estimate of drug-likeness (QED) is 0.0626. The summed E-state index contributed by atoms with van der Waals surface area (Å²) in [4.78, 5) is 35.9. The summed E-state index contributed by atoms with van der Waals surface area (Å²) < 4.78 is 0. The molecular formula is C46H62Cl2N6O5. The first-order valence-electron chi connectivity index (χ1n) is 20.5. The normalized spacial score (nSPS) is 15.5. The lowest BCUT2D eigenvalue weighted by atomic mass is 9.91. The van der Waals surface area contributed by atoms with E-state index in [1.807, 2.05) is 64.7 Å². The summed E-state index contributed by atoms with van der Waals surface area (Å²) in [6, 6.07) is 18.8. The zero-order valence-corrected chi connectivity index (χ0v) is 36.3. The molecule has 13 heteroatoms. The third-order valence-corrected chi connectivity index (χ3v) is 11.6. The lowest BCUT2D eigenvalue weighted by Gasteiger charge is -2.25. The summed E-state index contributed by atoms with van der Waals surface area (Å²) in [5.74, 6) is 1.43. The van der Waals surface area contributed by atoms with Crippen LogP contribution in [0.15, 0.2) is 85.5 Å². The third-order valence-electron chi connectivity index (χ3n) is 11.0. The Morgan fingerprint density at radius 3 is 1.58 bits per heavy atom. The number of pyridine rings is 2. The molecule has 320 valence electrons. The van der Waals surface area contributed by atoms with Crippen molar-refractivity contribution < 1.29 is 24.9 Å². The first-order valence-corrected chi connectivity index (χ1v) is 21.2. The molecule has 0 aliphatic heterocycles. The molecule has 0 radical (unpaired) electrons. The van der Waals surface area contributed by atoms with Gasteiger partial charge in [0, 0.05) is 56.4 Å². The van der Waals surface area contributed by atoms with Crippen molar-refractivity contribution in [1.29, 1.82) is 0 Å². The number of phenolic OH excluding ortho intramolecular Hbond substituents is 2. The van der Waals surface area contributed by atoms with Crippen molar-refractivity contribution in [1.82, 2.24) is 25.1 Å². The number of nitrogens with zero attached hydrogens (tertiary/aromatic N) is 4. The number of phenols is 2. The van der Waals surface area contributed by atoms with E-state index in [1.54, 1.807) is 42.9 Å². The number of nitrogens with two attached hydrogens (primary N) is 1. The Morgan fingerprint density at radius 1 is 0.746 bits per heavy atom. The van der Waals surface area contributed by atoms with E-state index in [9.17, 15) is 19.8 Å². The van der Waals surface area contributed by atoms with Gasteiger partial charge in [-0.2, -0.15) is 0 Å². The van der Waals surface area contributed by atoms with Gasteiger partial charge in [-0.3, -0.25) is 19.6 Å². The molecule has 4 aromatic rings. The Kier molecular flexibility index (Phi) is 19.4. The van der Waals surface area contributed by atoms with E-state index in [0.717, 1.165) is 59.8 Å². The van der Waals surface area contributed by atoms with Crippen LogP contribution >= 0.6 is 23.2 Å². The van der Waals surface area contributed by atoms with Crippen LogP contribution in [0.5, 0.6) is 11.5 Å². The molecule has 2 heterocycles. The van der Waals surface area contributed by atoms with Crippen molar-refractivity contribution in [2.24, 2.45) is 17.6 Å². The second-order valence-electron chi connectivity index (χ2n) is 16.4. The summed E-state index contributed by atoms with van der Waals surface area (Å²) in [5, 5.41) is 31.6. The average Bonchev–Trinajstić information content (AvgIpc) is 4.16. The van der Waals surface area contributed by atoms with Gasteiger partial charge in [0.15, 0.2) is 0 Å². The molecule has 2 aliphatic carbocycles. The maximum Gasteiger partial charge on any atom is 0.303 e. The first kappa shape index (κ1) is 47.4. The Labute approximate surface area is 360 Å². The molecule has 0 saturated heterocycles. The number of benzene rings is 2. The number of hydrogen-bond acceptors (Lipinski definition) is 9. The van der Waals surface area contributed by atoms with Crippen LogP contribution in [0.25, 0.3) is 0 Å². The number of carbonyl (C=O) groups is 2. The monoisotopic (exact) mass is 848 g/mol. The number of carboxylic acid groups (broad SMARTS) is 1. The minimum Gasteiger partial charge on any atom is -0.506 e. The van der Waals surface area contributed by atoms with Crippen LogP contribution in [0.1, 0.15) is 85.5 Å². The number of aromatic hydroxyl groups is 2. The van der Waals surface area contributed by atoms with Crippen molar-refractivity contribution >= 4 is 35.1 Å². The number of likely N-dealkylation sites (N-methyl/N-ethyl adjacent to an activating group) is 2. The molecule has 4 atom stereocenters. The number of nitrogens with one attached hydrogen (secondary N) is 1. The molecule has 0 bridgehead atoms. The predicted molar refractivity (Wildman–Crippen MR) is 236 cm³/mol. The molecule has 2 aromatic heterocycles. The Hall–Kier alpha value is -4.26. The zero-order valence-electron chi connectivity index (χ0n) is 34.8. The number of halogens is 2. The largest absolute Gasteiger partial charge is 0.506 e. The van der Waals surface area contributed by atoms with Gasteiger partial charge in [0.1, 0.15) is 11.5 Å². The van der Waals surface area contributed by atoms with Crippen LogP contribution in [-0.4, -0.2) is 100 Å². The maximum absolute atomic E-state index is 12.7. The Morgan fingerprint density at radius 2 is 1.20 bits per heavy atom. The molecule has 0 spiro atoms. The fourth-order valence-corrected chi connectivity index (χ4v) is 7.38. The Balaban J connectivity index is 0.000000215. The molecule has 2 saturated carbocycles. The molecule has 2 aliphatic rings. The average molecular weight is 850 g/mol. The molecule has 11 nitrogen and oxygen atoms in total. The highest BCUT2D eigenvalue weighted by atomic mass is 35.5. The van der Waals surface area contributed by atoms with E-state index in [0.29, 0.717) is 35.6 Å². The molecule has 6 N–H and O–H groups in total. The highest BCUT2D eigenvalue weighted by Crippen LogP contribution is 2.40. The highest BCUT2D eigenvalue weighted by molar-refractivity contribution is 6.32. The lowest BCUT2D eigenvalue weighted by Crippen LogP contribution is -2.41. The number of amides is 1. The second kappa shape index (κ2) is 24.1. The van der Waals surface area contributed by atoms with Gasteiger partial charge in [-0.1, -0.05) is 73.2 Å². The molecule has 0 unspecified atom stereocenters. The van der Waals surface area contributed by atoms with Crippen molar-refractivity contribution in [2.75, 3.05) is 41.3 Å². The first-order chi connectivity index (χ1) is 28.2. The van der Waals surface area contributed by atoms with Gasteiger partial charge in [-0.25, -0.2) is 0 Å². The topological polar surface area (TPSA) is 165 Å². The number of hydrogen-bond donors (Lipinski definition) is 5. The van der Waals surface area contributed by atoms with Gasteiger partial charge < -0.3 is 36.2 Å². The van der Waals surface area contributed by atoms with E-state index in [2.05, 4.69) is 31.2 Å². The minimum absolute atomic E-state index is 0.0788. The van der Waals surface area contributed by atoms with Crippen LogP contribution < -0.4 is 11.1 Å². The minimum atomic E-state index is -0.718. The highest BCUT2D eigenvalue weighted by Gasteiger charge is 2.29. The molecule has 6 rings (SSSR count). The van der Waals surface area contributed by atoms with Crippen LogP contribution in [0.2, 0.25) is 10.0 Å². The third kappa shape index (κ3) is 17.5. The van der Waals surface area contributed by atoms with Crippen molar-refractivity contribution in [3.63, 3.8) is 0 Å². The number of carbonyl (C=O) groups excluding carboxylic acids is 1. The van der Waals surface area contributed by atoms with Gasteiger partial charge in [-0.05, 0) is 136 Å². The van der Waals surface area contributed by atoms with Crippen molar-refractivity contribution in [3.8, 4) is 11.5 Å². The summed E-state index contributed by atoms with van der Waals surface area (Å²) in [6.45, 7) is 1.17. The van der Waals surface area contributed by atoms with Crippen LogP contribution in [0.3, 0.4) is 0 Å². The Bertz CT molecular complexity index is 1880.